The second kappa shape index (κ2) is 16.0. The number of ether oxygens (including phenoxy) is 1. The fourth-order valence-corrected chi connectivity index (χ4v) is 5.29. The van der Waals surface area contributed by atoms with Crippen LogP contribution >= 0.6 is 11.3 Å². The topological polar surface area (TPSA) is 140 Å². The molecule has 1 aromatic rings. The summed E-state index contributed by atoms with van der Waals surface area (Å²) in [5.41, 5.74) is 2.88. The maximum atomic E-state index is 13.0. The van der Waals surface area contributed by atoms with Gasteiger partial charge in [0.1, 0.15) is 17.2 Å². The molecule has 9 heteroatoms. The van der Waals surface area contributed by atoms with Crippen LogP contribution < -0.4 is 0 Å². The molecule has 0 amide bonds. The minimum absolute atomic E-state index is 0.00774. The first-order chi connectivity index (χ1) is 18.5. The lowest BCUT2D eigenvalue weighted by molar-refractivity contribution is -0.156. The van der Waals surface area contributed by atoms with Crippen molar-refractivity contribution in [2.24, 2.45) is 5.92 Å². The van der Waals surface area contributed by atoms with Crippen molar-refractivity contribution in [3.8, 4) is 0 Å². The highest BCUT2D eigenvalue weighted by Crippen LogP contribution is 2.27. The van der Waals surface area contributed by atoms with Crippen LogP contribution in [-0.2, 0) is 9.53 Å². The third-order valence-corrected chi connectivity index (χ3v) is 7.78. The molecule has 2 bridgehead atoms. The van der Waals surface area contributed by atoms with Gasteiger partial charge in [-0.25, -0.2) is 9.78 Å². The number of hydrogen-bond donors (Lipinski definition) is 5. The zero-order valence-electron chi connectivity index (χ0n) is 23.4. The number of allylic oxidation sites excluding steroid dienone is 6. The van der Waals surface area contributed by atoms with E-state index in [1.54, 1.807) is 30.5 Å². The molecule has 7 atom stereocenters. The largest absolute Gasteiger partial charge is 0.456 e. The molecule has 0 aromatic carbocycles. The summed E-state index contributed by atoms with van der Waals surface area (Å²) in [6.45, 7) is 8.99. The Bertz CT molecular complexity index is 1090. The fourth-order valence-electron chi connectivity index (χ4n) is 4.36. The molecule has 1 aromatic heterocycles. The molecular formula is C30H43NO7S. The highest BCUT2D eigenvalue weighted by molar-refractivity contribution is 7.09. The molecule has 0 radical (unpaired) electrons. The fraction of sp³-hybridized carbons (Fsp3) is 0.533. The smallest absolute Gasteiger partial charge is 0.334 e. The Hall–Kier alpha value is -2.40. The normalized spacial score (nSPS) is 26.4. The molecule has 216 valence electrons. The number of thiazole rings is 1. The SMILES string of the molecule is CC=C(C)C=C(C)CC(C)C(O)C(O)C1CC=CC=CC(O)CC(O)C(CO)c2nc(cs2)C=C(C)C(=O)O1. The van der Waals surface area contributed by atoms with E-state index in [1.165, 1.54) is 23.5 Å². The Morgan fingerprint density at radius 2 is 1.97 bits per heavy atom. The predicted octanol–water partition coefficient (Wildman–Crippen LogP) is 3.82. The molecule has 0 saturated carbocycles. The highest BCUT2D eigenvalue weighted by atomic mass is 32.1. The minimum Gasteiger partial charge on any atom is -0.456 e. The molecule has 0 aliphatic carbocycles. The van der Waals surface area contributed by atoms with Gasteiger partial charge in [0.2, 0.25) is 0 Å². The van der Waals surface area contributed by atoms with Crippen molar-refractivity contribution in [1.29, 1.82) is 0 Å². The molecule has 39 heavy (non-hydrogen) atoms. The molecule has 1 aliphatic heterocycles. The first-order valence-corrected chi connectivity index (χ1v) is 14.2. The second-order valence-corrected chi connectivity index (χ2v) is 11.2. The number of fused-ring (bicyclic) bond motifs is 2. The molecular weight excluding hydrogens is 518 g/mol. The van der Waals surface area contributed by atoms with Gasteiger partial charge in [-0.3, -0.25) is 0 Å². The Labute approximate surface area is 235 Å². The number of rotatable bonds is 7. The van der Waals surface area contributed by atoms with E-state index in [2.05, 4.69) is 4.98 Å². The Morgan fingerprint density at radius 1 is 1.26 bits per heavy atom. The summed E-state index contributed by atoms with van der Waals surface area (Å²) in [6, 6.07) is 0. The van der Waals surface area contributed by atoms with E-state index in [9.17, 15) is 30.3 Å². The molecule has 2 rings (SSSR count). The van der Waals surface area contributed by atoms with Crippen LogP contribution in [0.25, 0.3) is 6.08 Å². The maximum absolute atomic E-state index is 13.0. The standard InChI is InChI=1S/C30H43NO7S/c1-6-18(2)12-19(3)13-20(4)27(35)28(36)26-11-9-7-8-10-23(33)15-25(34)24(16-32)29-31-22(17-39-29)14-21(5)30(37)38-26/h6-10,12,14,17,20,23-28,32-36H,11,13,15-16H2,1-5H3. The molecule has 2 heterocycles. The molecule has 7 unspecified atom stereocenters. The van der Waals surface area contributed by atoms with E-state index < -0.39 is 42.4 Å². The van der Waals surface area contributed by atoms with Gasteiger partial charge < -0.3 is 30.3 Å². The summed E-state index contributed by atoms with van der Waals surface area (Å²) >= 11 is 1.24. The van der Waals surface area contributed by atoms with Gasteiger partial charge >= 0.3 is 5.97 Å². The lowest BCUT2D eigenvalue weighted by Gasteiger charge is -2.30. The summed E-state index contributed by atoms with van der Waals surface area (Å²) in [5, 5.41) is 54.9. The van der Waals surface area contributed by atoms with E-state index in [0.29, 0.717) is 17.1 Å². The second-order valence-electron chi connectivity index (χ2n) is 10.3. The summed E-state index contributed by atoms with van der Waals surface area (Å²) in [7, 11) is 0. The van der Waals surface area contributed by atoms with Crippen molar-refractivity contribution in [2.45, 2.75) is 90.3 Å². The quantitative estimate of drug-likeness (QED) is 0.250. The summed E-state index contributed by atoms with van der Waals surface area (Å²) in [4.78, 5) is 17.4. The van der Waals surface area contributed by atoms with E-state index in [-0.39, 0.29) is 30.9 Å². The van der Waals surface area contributed by atoms with Gasteiger partial charge in [-0.1, -0.05) is 54.5 Å². The van der Waals surface area contributed by atoms with Crippen LogP contribution in [0.15, 0.2) is 58.6 Å². The van der Waals surface area contributed by atoms with Crippen LogP contribution in [-0.4, -0.2) is 73.6 Å². The predicted molar refractivity (Wildman–Crippen MR) is 154 cm³/mol. The number of aliphatic hydroxyl groups excluding tert-OH is 5. The van der Waals surface area contributed by atoms with E-state index in [1.807, 2.05) is 39.8 Å². The van der Waals surface area contributed by atoms with Crippen molar-refractivity contribution >= 4 is 23.4 Å². The number of carbonyl (C=O) groups excluding carboxylic acids is 1. The number of aromatic nitrogens is 1. The first-order valence-electron chi connectivity index (χ1n) is 13.3. The zero-order valence-corrected chi connectivity index (χ0v) is 24.2. The number of esters is 1. The Morgan fingerprint density at radius 3 is 2.64 bits per heavy atom. The van der Waals surface area contributed by atoms with Crippen LogP contribution in [0.5, 0.6) is 0 Å². The zero-order chi connectivity index (χ0) is 29.1. The third kappa shape index (κ3) is 10.3. The van der Waals surface area contributed by atoms with Crippen LogP contribution in [0.3, 0.4) is 0 Å². The van der Waals surface area contributed by atoms with Gasteiger partial charge in [0.15, 0.2) is 0 Å². The lowest BCUT2D eigenvalue weighted by atomic mass is 9.89. The third-order valence-electron chi connectivity index (χ3n) is 6.78. The van der Waals surface area contributed by atoms with Crippen molar-refractivity contribution in [1.82, 2.24) is 4.98 Å². The molecule has 0 saturated heterocycles. The number of cyclic esters (lactones) is 1. The Balaban J connectivity index is 2.32. The van der Waals surface area contributed by atoms with Gasteiger partial charge in [-0.15, -0.1) is 11.3 Å². The summed E-state index contributed by atoms with van der Waals surface area (Å²) in [5.74, 6) is -1.63. The van der Waals surface area contributed by atoms with Crippen molar-refractivity contribution in [3.05, 3.63) is 69.3 Å². The summed E-state index contributed by atoms with van der Waals surface area (Å²) < 4.78 is 5.67. The van der Waals surface area contributed by atoms with Gasteiger partial charge in [0.25, 0.3) is 0 Å². The minimum atomic E-state index is -1.33. The van der Waals surface area contributed by atoms with Crippen LogP contribution in [0.2, 0.25) is 0 Å². The first kappa shape index (κ1) is 32.8. The van der Waals surface area contributed by atoms with Crippen LogP contribution in [0.1, 0.15) is 70.5 Å². The molecule has 1 aliphatic rings. The van der Waals surface area contributed by atoms with Crippen molar-refractivity contribution < 1.29 is 35.1 Å². The van der Waals surface area contributed by atoms with Gasteiger partial charge in [0, 0.05) is 23.8 Å². The van der Waals surface area contributed by atoms with Gasteiger partial charge in [0.05, 0.1) is 36.5 Å². The molecule has 0 fully saturated rings. The number of carbonyl (C=O) groups is 1. The maximum Gasteiger partial charge on any atom is 0.334 e. The van der Waals surface area contributed by atoms with Crippen LogP contribution in [0, 0.1) is 5.92 Å². The van der Waals surface area contributed by atoms with Gasteiger partial charge in [-0.2, -0.15) is 0 Å². The average molecular weight is 562 g/mol. The number of aliphatic hydroxyl groups is 5. The monoisotopic (exact) mass is 561 g/mol. The Kier molecular flexibility index (Phi) is 13.5. The van der Waals surface area contributed by atoms with Crippen molar-refractivity contribution in [2.75, 3.05) is 6.61 Å². The van der Waals surface area contributed by atoms with E-state index >= 15 is 0 Å². The highest BCUT2D eigenvalue weighted by Gasteiger charge is 2.32. The van der Waals surface area contributed by atoms with Gasteiger partial charge in [-0.05, 0) is 46.1 Å². The summed E-state index contributed by atoms with van der Waals surface area (Å²) in [6.07, 6.45) is 7.21. The molecule has 5 N–H and O–H groups in total. The van der Waals surface area contributed by atoms with Crippen molar-refractivity contribution in [3.63, 3.8) is 0 Å². The van der Waals surface area contributed by atoms with Crippen LogP contribution in [0.4, 0.5) is 0 Å². The molecule has 0 spiro atoms. The number of nitrogens with zero attached hydrogens (tertiary/aromatic N) is 1. The van der Waals surface area contributed by atoms with E-state index in [4.69, 9.17) is 4.74 Å². The average Bonchev–Trinajstić information content (AvgIpc) is 3.34. The lowest BCUT2D eigenvalue weighted by Crippen LogP contribution is -2.43. The number of hydrogen-bond acceptors (Lipinski definition) is 9. The molecule has 8 nitrogen and oxygen atoms in total. The van der Waals surface area contributed by atoms with E-state index in [0.717, 1.165) is 11.1 Å².